The quantitative estimate of drug-likeness (QED) is 0.645. The van der Waals surface area contributed by atoms with Crippen LogP contribution in [0.2, 0.25) is 0 Å². The highest BCUT2D eigenvalue weighted by atomic mass is 32.1. The summed E-state index contributed by atoms with van der Waals surface area (Å²) in [6.07, 6.45) is 2.19. The molecule has 0 radical (unpaired) electrons. The first-order chi connectivity index (χ1) is 10.3. The second-order valence-corrected chi connectivity index (χ2v) is 6.75. The number of nitrogens with zero attached hydrogens (tertiary/aromatic N) is 1. The standard InChI is InChI=1S/C14H19N3O3S2/c1-7-9(13(19)20-4)11(16-14(21)15-8-5-6-8)22-10(7)12(18)17(2)3/h8H,5-6H2,1-4H3,(H2,15,16,21). The van der Waals surface area contributed by atoms with Crippen LogP contribution in [0.4, 0.5) is 5.00 Å². The van der Waals surface area contributed by atoms with E-state index in [-0.39, 0.29) is 5.91 Å². The van der Waals surface area contributed by atoms with Crippen LogP contribution in [0.25, 0.3) is 0 Å². The van der Waals surface area contributed by atoms with Crippen molar-refractivity contribution >= 4 is 45.5 Å². The number of ether oxygens (including phenoxy) is 1. The van der Waals surface area contributed by atoms with Crippen molar-refractivity contribution in [2.45, 2.75) is 25.8 Å². The molecule has 0 saturated heterocycles. The number of anilines is 1. The van der Waals surface area contributed by atoms with Gasteiger partial charge in [-0.05, 0) is 37.5 Å². The molecule has 0 atom stereocenters. The lowest BCUT2D eigenvalue weighted by Crippen LogP contribution is -2.30. The molecule has 1 heterocycles. The van der Waals surface area contributed by atoms with Crippen molar-refractivity contribution in [2.24, 2.45) is 0 Å². The Morgan fingerprint density at radius 3 is 2.50 bits per heavy atom. The Kier molecular flexibility index (Phi) is 5.02. The van der Waals surface area contributed by atoms with Gasteiger partial charge in [0.25, 0.3) is 5.91 Å². The van der Waals surface area contributed by atoms with E-state index >= 15 is 0 Å². The zero-order valence-corrected chi connectivity index (χ0v) is 14.6. The van der Waals surface area contributed by atoms with Gasteiger partial charge in [0.15, 0.2) is 5.11 Å². The number of thiophene rings is 1. The Balaban J connectivity index is 2.33. The highest BCUT2D eigenvalue weighted by molar-refractivity contribution is 7.80. The van der Waals surface area contributed by atoms with Gasteiger partial charge in [-0.3, -0.25) is 4.79 Å². The molecule has 1 aromatic rings. The predicted molar refractivity (Wildman–Crippen MR) is 90.8 cm³/mol. The third-order valence-corrected chi connectivity index (χ3v) is 4.69. The van der Waals surface area contributed by atoms with E-state index in [1.54, 1.807) is 21.0 Å². The van der Waals surface area contributed by atoms with Crippen LogP contribution in [-0.4, -0.2) is 49.1 Å². The maximum atomic E-state index is 12.2. The molecule has 1 aliphatic rings. The largest absolute Gasteiger partial charge is 0.465 e. The number of esters is 1. The van der Waals surface area contributed by atoms with Crippen LogP contribution in [-0.2, 0) is 4.74 Å². The van der Waals surface area contributed by atoms with Crippen LogP contribution < -0.4 is 10.6 Å². The second kappa shape index (κ2) is 6.62. The van der Waals surface area contributed by atoms with E-state index in [2.05, 4.69) is 10.6 Å². The molecule has 1 aromatic heterocycles. The Morgan fingerprint density at radius 1 is 1.36 bits per heavy atom. The predicted octanol–water partition coefficient (Wildman–Crippen LogP) is 1.99. The summed E-state index contributed by atoms with van der Waals surface area (Å²) in [7, 11) is 4.66. The fraction of sp³-hybridized carbons (Fsp3) is 0.500. The average Bonchev–Trinajstić information content (AvgIpc) is 3.20. The van der Waals surface area contributed by atoms with E-state index < -0.39 is 5.97 Å². The van der Waals surface area contributed by atoms with Gasteiger partial charge in [-0.25, -0.2) is 4.79 Å². The molecule has 120 valence electrons. The molecule has 0 unspecified atom stereocenters. The molecule has 2 rings (SSSR count). The zero-order chi connectivity index (χ0) is 16.4. The summed E-state index contributed by atoms with van der Waals surface area (Å²) < 4.78 is 4.83. The molecule has 1 saturated carbocycles. The van der Waals surface area contributed by atoms with Crippen LogP contribution in [0.15, 0.2) is 0 Å². The molecule has 0 aliphatic heterocycles. The van der Waals surface area contributed by atoms with Crippen molar-refractivity contribution in [3.8, 4) is 0 Å². The molecule has 1 aliphatic carbocycles. The maximum absolute atomic E-state index is 12.2. The third-order valence-electron chi connectivity index (χ3n) is 3.28. The van der Waals surface area contributed by atoms with Crippen LogP contribution in [0.5, 0.6) is 0 Å². The normalized spacial score (nSPS) is 13.5. The van der Waals surface area contributed by atoms with Crippen molar-refractivity contribution in [2.75, 3.05) is 26.5 Å². The lowest BCUT2D eigenvalue weighted by Gasteiger charge is -2.09. The molecule has 0 spiro atoms. The summed E-state index contributed by atoms with van der Waals surface area (Å²) in [5, 5.41) is 7.16. The molecule has 1 fully saturated rings. The molecule has 6 nitrogen and oxygen atoms in total. The van der Waals surface area contributed by atoms with Gasteiger partial charge in [-0.2, -0.15) is 0 Å². The number of nitrogens with one attached hydrogen (secondary N) is 2. The van der Waals surface area contributed by atoms with Gasteiger partial charge in [-0.15, -0.1) is 11.3 Å². The first-order valence-electron chi connectivity index (χ1n) is 6.86. The molecular formula is C14H19N3O3S2. The number of thiocarbonyl (C=S) groups is 1. The number of carbonyl (C=O) groups excluding carboxylic acids is 2. The first-order valence-corrected chi connectivity index (χ1v) is 8.08. The molecule has 8 heteroatoms. The number of hydrogen-bond donors (Lipinski definition) is 2. The van der Waals surface area contributed by atoms with Crippen LogP contribution in [0.1, 0.15) is 38.4 Å². The van der Waals surface area contributed by atoms with Crippen LogP contribution >= 0.6 is 23.6 Å². The smallest absolute Gasteiger partial charge is 0.341 e. The minimum absolute atomic E-state index is 0.151. The van der Waals surface area contributed by atoms with E-state index in [4.69, 9.17) is 17.0 Å². The molecule has 0 bridgehead atoms. The number of rotatable bonds is 4. The fourth-order valence-electron chi connectivity index (χ4n) is 1.91. The minimum Gasteiger partial charge on any atom is -0.465 e. The van der Waals surface area contributed by atoms with E-state index in [0.29, 0.717) is 32.2 Å². The third kappa shape index (κ3) is 3.56. The lowest BCUT2D eigenvalue weighted by molar-refractivity contribution is 0.0601. The van der Waals surface area contributed by atoms with Crippen LogP contribution in [0.3, 0.4) is 0 Å². The van der Waals surface area contributed by atoms with E-state index in [1.165, 1.54) is 23.3 Å². The van der Waals surface area contributed by atoms with Gasteiger partial charge in [-0.1, -0.05) is 0 Å². The summed E-state index contributed by atoms with van der Waals surface area (Å²) in [6, 6.07) is 0.408. The molecule has 1 amide bonds. The highest BCUT2D eigenvalue weighted by Gasteiger charge is 2.27. The Morgan fingerprint density at radius 2 is 2.00 bits per heavy atom. The number of carbonyl (C=O) groups is 2. The van der Waals surface area contributed by atoms with Gasteiger partial charge in [0.1, 0.15) is 5.00 Å². The summed E-state index contributed by atoms with van der Waals surface area (Å²) >= 11 is 6.45. The minimum atomic E-state index is -0.483. The Bertz CT molecular complexity index is 621. The molecular weight excluding hydrogens is 322 g/mol. The summed E-state index contributed by atoms with van der Waals surface area (Å²) in [5.41, 5.74) is 0.963. The zero-order valence-electron chi connectivity index (χ0n) is 13.0. The van der Waals surface area contributed by atoms with Gasteiger partial charge >= 0.3 is 5.97 Å². The summed E-state index contributed by atoms with van der Waals surface area (Å²) in [4.78, 5) is 26.2. The van der Waals surface area contributed by atoms with E-state index in [0.717, 1.165) is 12.8 Å². The fourth-order valence-corrected chi connectivity index (χ4v) is 3.46. The van der Waals surface area contributed by atoms with Gasteiger partial charge in [0.2, 0.25) is 0 Å². The van der Waals surface area contributed by atoms with Crippen molar-refractivity contribution in [3.05, 3.63) is 16.0 Å². The molecule has 2 N–H and O–H groups in total. The van der Waals surface area contributed by atoms with Crippen molar-refractivity contribution < 1.29 is 14.3 Å². The SMILES string of the molecule is COC(=O)c1c(NC(=S)NC2CC2)sc(C(=O)N(C)C)c1C. The van der Waals surface area contributed by atoms with Crippen molar-refractivity contribution in [3.63, 3.8) is 0 Å². The van der Waals surface area contributed by atoms with Crippen LogP contribution in [0, 0.1) is 6.92 Å². The number of methoxy groups -OCH3 is 1. The topological polar surface area (TPSA) is 70.7 Å². The maximum Gasteiger partial charge on any atom is 0.341 e. The first kappa shape index (κ1) is 16.7. The van der Waals surface area contributed by atoms with Crippen molar-refractivity contribution in [1.82, 2.24) is 10.2 Å². The summed E-state index contributed by atoms with van der Waals surface area (Å²) in [6.45, 7) is 1.74. The molecule has 0 aromatic carbocycles. The Labute approximate surface area is 138 Å². The Hall–Kier alpha value is -1.67. The molecule has 22 heavy (non-hydrogen) atoms. The highest BCUT2D eigenvalue weighted by Crippen LogP contribution is 2.34. The second-order valence-electron chi connectivity index (χ2n) is 5.32. The monoisotopic (exact) mass is 341 g/mol. The van der Waals surface area contributed by atoms with Gasteiger partial charge < -0.3 is 20.3 Å². The van der Waals surface area contributed by atoms with Gasteiger partial charge in [0.05, 0.1) is 17.6 Å². The average molecular weight is 341 g/mol. The van der Waals surface area contributed by atoms with Crippen molar-refractivity contribution in [1.29, 1.82) is 0 Å². The number of hydrogen-bond acceptors (Lipinski definition) is 5. The van der Waals surface area contributed by atoms with E-state index in [9.17, 15) is 9.59 Å². The number of amides is 1. The van der Waals surface area contributed by atoms with E-state index in [1.807, 2.05) is 0 Å². The summed E-state index contributed by atoms with van der Waals surface area (Å²) in [5.74, 6) is -0.634. The van der Waals surface area contributed by atoms with Gasteiger partial charge in [0, 0.05) is 20.1 Å². The lowest BCUT2D eigenvalue weighted by atomic mass is 10.1.